The van der Waals surface area contributed by atoms with E-state index in [2.05, 4.69) is 10.5 Å². The number of carbonyl (C=O) groups excluding carboxylic acids is 1. The predicted octanol–water partition coefficient (Wildman–Crippen LogP) is 2.26. The van der Waals surface area contributed by atoms with Crippen molar-refractivity contribution in [2.24, 2.45) is 0 Å². The zero-order valence-corrected chi connectivity index (χ0v) is 14.6. The molecule has 1 N–H and O–H groups in total. The van der Waals surface area contributed by atoms with Gasteiger partial charge in [-0.1, -0.05) is 29.4 Å². The van der Waals surface area contributed by atoms with Crippen molar-refractivity contribution in [1.82, 2.24) is 9.46 Å². The SMILES string of the molecule is CN(C)S(=O)(=O)c1ccccc1NC(=O)Cc1noc2ccccc12. The van der Waals surface area contributed by atoms with Crippen LogP contribution < -0.4 is 5.32 Å². The molecule has 0 bridgehead atoms. The van der Waals surface area contributed by atoms with Gasteiger partial charge in [-0.15, -0.1) is 0 Å². The Balaban J connectivity index is 1.85. The molecule has 0 aliphatic rings. The average molecular weight is 359 g/mol. The minimum atomic E-state index is -3.67. The van der Waals surface area contributed by atoms with Crippen LogP contribution in [0.5, 0.6) is 0 Å². The highest BCUT2D eigenvalue weighted by Gasteiger charge is 2.22. The molecule has 0 saturated heterocycles. The second kappa shape index (κ2) is 6.66. The quantitative estimate of drug-likeness (QED) is 0.754. The van der Waals surface area contributed by atoms with Crippen molar-refractivity contribution in [3.63, 3.8) is 0 Å². The van der Waals surface area contributed by atoms with E-state index in [1.165, 1.54) is 20.2 Å². The fraction of sp³-hybridized carbons (Fsp3) is 0.176. The molecule has 0 atom stereocenters. The van der Waals surface area contributed by atoms with Gasteiger partial charge in [-0.05, 0) is 24.3 Å². The van der Waals surface area contributed by atoms with E-state index >= 15 is 0 Å². The zero-order chi connectivity index (χ0) is 18.0. The summed E-state index contributed by atoms with van der Waals surface area (Å²) in [6.45, 7) is 0. The number of carbonyl (C=O) groups is 1. The van der Waals surface area contributed by atoms with Gasteiger partial charge >= 0.3 is 0 Å². The first-order valence-corrected chi connectivity index (χ1v) is 8.98. The zero-order valence-electron chi connectivity index (χ0n) is 13.8. The number of anilines is 1. The van der Waals surface area contributed by atoms with E-state index in [9.17, 15) is 13.2 Å². The van der Waals surface area contributed by atoms with Crippen LogP contribution in [0.2, 0.25) is 0 Å². The second-order valence-electron chi connectivity index (χ2n) is 5.63. The number of para-hydroxylation sites is 2. The van der Waals surface area contributed by atoms with Crippen molar-refractivity contribution in [2.45, 2.75) is 11.3 Å². The maximum atomic E-state index is 12.4. The Kier molecular flexibility index (Phi) is 4.56. The highest BCUT2D eigenvalue weighted by atomic mass is 32.2. The number of amides is 1. The molecule has 0 aliphatic heterocycles. The Morgan fingerprint density at radius 2 is 1.80 bits per heavy atom. The average Bonchev–Trinajstić information content (AvgIpc) is 2.98. The van der Waals surface area contributed by atoms with Crippen molar-refractivity contribution in [1.29, 1.82) is 0 Å². The van der Waals surface area contributed by atoms with Crippen LogP contribution in [0.4, 0.5) is 5.69 Å². The molecule has 0 aliphatic carbocycles. The van der Waals surface area contributed by atoms with Gasteiger partial charge in [0.25, 0.3) is 0 Å². The lowest BCUT2D eigenvalue weighted by molar-refractivity contribution is -0.115. The highest BCUT2D eigenvalue weighted by Crippen LogP contribution is 2.24. The van der Waals surface area contributed by atoms with Gasteiger partial charge in [0.1, 0.15) is 10.6 Å². The second-order valence-corrected chi connectivity index (χ2v) is 7.75. The Morgan fingerprint density at radius 3 is 2.56 bits per heavy atom. The van der Waals surface area contributed by atoms with Crippen LogP contribution in [-0.2, 0) is 21.2 Å². The van der Waals surface area contributed by atoms with Crippen molar-refractivity contribution in [3.8, 4) is 0 Å². The molecule has 0 unspecified atom stereocenters. The van der Waals surface area contributed by atoms with E-state index < -0.39 is 10.0 Å². The molecular formula is C17H17N3O4S. The molecule has 1 amide bonds. The molecule has 2 aromatic carbocycles. The van der Waals surface area contributed by atoms with Gasteiger partial charge in [-0.3, -0.25) is 4.79 Å². The topological polar surface area (TPSA) is 92.5 Å². The maximum absolute atomic E-state index is 12.4. The summed E-state index contributed by atoms with van der Waals surface area (Å²) in [6, 6.07) is 13.5. The van der Waals surface area contributed by atoms with E-state index in [4.69, 9.17) is 4.52 Å². The molecule has 1 heterocycles. The van der Waals surface area contributed by atoms with Crippen LogP contribution in [0, 0.1) is 0 Å². The summed E-state index contributed by atoms with van der Waals surface area (Å²) < 4.78 is 31.0. The Bertz CT molecular complexity index is 1030. The summed E-state index contributed by atoms with van der Waals surface area (Å²) in [7, 11) is -0.786. The number of nitrogens with one attached hydrogen (secondary N) is 1. The number of nitrogens with zero attached hydrogens (tertiary/aromatic N) is 2. The van der Waals surface area contributed by atoms with Crippen molar-refractivity contribution in [3.05, 3.63) is 54.2 Å². The van der Waals surface area contributed by atoms with Crippen LogP contribution >= 0.6 is 0 Å². The fourth-order valence-corrected chi connectivity index (χ4v) is 3.44. The molecule has 0 spiro atoms. The largest absolute Gasteiger partial charge is 0.356 e. The summed E-state index contributed by atoms with van der Waals surface area (Å²) in [4.78, 5) is 12.4. The van der Waals surface area contributed by atoms with E-state index in [0.717, 1.165) is 9.69 Å². The Labute approximate surface area is 145 Å². The van der Waals surface area contributed by atoms with Gasteiger partial charge in [-0.2, -0.15) is 0 Å². The standard InChI is InChI=1S/C17H17N3O4S/c1-20(2)25(22,23)16-10-6-4-8-13(16)18-17(21)11-14-12-7-3-5-9-15(12)24-19-14/h3-10H,11H2,1-2H3,(H,18,21). The molecular weight excluding hydrogens is 342 g/mol. The first-order chi connectivity index (χ1) is 11.9. The van der Waals surface area contributed by atoms with Crippen LogP contribution in [-0.4, -0.2) is 37.9 Å². The van der Waals surface area contributed by atoms with E-state index in [-0.39, 0.29) is 22.9 Å². The molecule has 8 heteroatoms. The van der Waals surface area contributed by atoms with Gasteiger partial charge < -0.3 is 9.84 Å². The number of rotatable bonds is 5. The van der Waals surface area contributed by atoms with Gasteiger partial charge in [0, 0.05) is 19.5 Å². The van der Waals surface area contributed by atoms with Gasteiger partial charge in [-0.25, -0.2) is 12.7 Å². The summed E-state index contributed by atoms with van der Waals surface area (Å²) in [6.07, 6.45) is -0.0205. The monoisotopic (exact) mass is 359 g/mol. The summed E-state index contributed by atoms with van der Waals surface area (Å²) in [5, 5.41) is 7.32. The molecule has 0 fully saturated rings. The van der Waals surface area contributed by atoms with E-state index in [0.29, 0.717) is 11.3 Å². The Hall–Kier alpha value is -2.71. The van der Waals surface area contributed by atoms with Gasteiger partial charge in [0.2, 0.25) is 15.9 Å². The smallest absolute Gasteiger partial charge is 0.244 e. The number of hydrogen-bond acceptors (Lipinski definition) is 5. The molecule has 130 valence electrons. The Morgan fingerprint density at radius 1 is 1.12 bits per heavy atom. The van der Waals surface area contributed by atoms with Crippen LogP contribution in [0.15, 0.2) is 57.9 Å². The number of aromatic nitrogens is 1. The van der Waals surface area contributed by atoms with E-state index in [1.807, 2.05) is 18.2 Å². The first kappa shape index (κ1) is 17.1. The lowest BCUT2D eigenvalue weighted by Crippen LogP contribution is -2.24. The minimum absolute atomic E-state index is 0.0205. The van der Waals surface area contributed by atoms with Crippen LogP contribution in [0.25, 0.3) is 11.0 Å². The van der Waals surface area contributed by atoms with Crippen molar-refractivity contribution < 1.29 is 17.7 Å². The molecule has 7 nitrogen and oxygen atoms in total. The van der Waals surface area contributed by atoms with Crippen molar-refractivity contribution in [2.75, 3.05) is 19.4 Å². The third-order valence-electron chi connectivity index (χ3n) is 3.70. The van der Waals surface area contributed by atoms with Crippen LogP contribution in [0.1, 0.15) is 5.69 Å². The summed E-state index contributed by atoms with van der Waals surface area (Å²) in [5.74, 6) is -0.375. The lowest BCUT2D eigenvalue weighted by Gasteiger charge is -2.15. The number of benzene rings is 2. The van der Waals surface area contributed by atoms with Gasteiger partial charge in [0.05, 0.1) is 12.1 Å². The molecule has 1 aromatic heterocycles. The van der Waals surface area contributed by atoms with Crippen LogP contribution in [0.3, 0.4) is 0 Å². The third-order valence-corrected chi connectivity index (χ3v) is 5.57. The molecule has 0 saturated carbocycles. The number of hydrogen-bond donors (Lipinski definition) is 1. The highest BCUT2D eigenvalue weighted by molar-refractivity contribution is 7.89. The maximum Gasteiger partial charge on any atom is 0.244 e. The molecule has 3 aromatic rings. The number of sulfonamides is 1. The molecule has 25 heavy (non-hydrogen) atoms. The normalized spacial score (nSPS) is 11.8. The minimum Gasteiger partial charge on any atom is -0.356 e. The number of fused-ring (bicyclic) bond motifs is 1. The molecule has 3 rings (SSSR count). The molecule has 0 radical (unpaired) electrons. The fourth-order valence-electron chi connectivity index (χ4n) is 2.40. The van der Waals surface area contributed by atoms with E-state index in [1.54, 1.807) is 24.3 Å². The lowest BCUT2D eigenvalue weighted by atomic mass is 10.1. The first-order valence-electron chi connectivity index (χ1n) is 7.54. The summed E-state index contributed by atoms with van der Waals surface area (Å²) >= 11 is 0. The third kappa shape index (κ3) is 3.40. The summed E-state index contributed by atoms with van der Waals surface area (Å²) in [5.41, 5.74) is 1.33. The predicted molar refractivity (Wildman–Crippen MR) is 93.7 cm³/mol. The van der Waals surface area contributed by atoms with Crippen molar-refractivity contribution >= 4 is 32.6 Å². The van der Waals surface area contributed by atoms with Gasteiger partial charge in [0.15, 0.2) is 5.58 Å².